The molecule has 0 radical (unpaired) electrons. The van der Waals surface area contributed by atoms with Gasteiger partial charge in [-0.05, 0) is 0 Å². The van der Waals surface area contributed by atoms with Crippen LogP contribution in [0.25, 0.3) is 0 Å². The molecule has 14 heavy (non-hydrogen) atoms. The van der Waals surface area contributed by atoms with Crippen molar-refractivity contribution in [1.82, 2.24) is 9.78 Å². The van der Waals surface area contributed by atoms with Crippen LogP contribution in [0.1, 0.15) is 22.5 Å². The van der Waals surface area contributed by atoms with Crippen molar-refractivity contribution < 1.29 is 19.4 Å². The topological polar surface area (TPSA) is 73.6 Å². The average Bonchev–Trinajstić information content (AvgIpc) is 2.71. The van der Waals surface area contributed by atoms with Crippen LogP contribution in [0.3, 0.4) is 0 Å². The molecule has 0 saturated heterocycles. The zero-order chi connectivity index (χ0) is 10.1. The smallest absolute Gasteiger partial charge is 0.356 e. The van der Waals surface area contributed by atoms with Crippen LogP contribution in [0.15, 0.2) is 18.6 Å². The normalized spacial score (nSPS) is 15.2. The molecule has 6 nitrogen and oxygen atoms in total. The van der Waals surface area contributed by atoms with Gasteiger partial charge in [0.1, 0.15) is 18.2 Å². The molecule has 0 aromatic carbocycles. The maximum absolute atomic E-state index is 10.6. The molecule has 6 heteroatoms. The molecule has 1 aromatic rings. The van der Waals surface area contributed by atoms with Crippen molar-refractivity contribution in [3.05, 3.63) is 30.0 Å². The molecular weight excluding hydrogens is 188 g/mol. The Morgan fingerprint density at radius 1 is 1.57 bits per heavy atom. The van der Waals surface area contributed by atoms with E-state index in [1.165, 1.54) is 23.3 Å². The lowest BCUT2D eigenvalue weighted by atomic mass is 10.3. The highest BCUT2D eigenvalue weighted by atomic mass is 16.7. The number of carboxylic acid groups (broad SMARTS) is 1. The number of hydrogen-bond acceptors (Lipinski definition) is 4. The molecule has 0 fully saturated rings. The second kappa shape index (κ2) is 3.06. The summed E-state index contributed by atoms with van der Waals surface area (Å²) in [4.78, 5) is 10.6. The Hall–Kier alpha value is -1.98. The van der Waals surface area contributed by atoms with Crippen LogP contribution >= 0.6 is 0 Å². The van der Waals surface area contributed by atoms with Crippen molar-refractivity contribution in [3.63, 3.8) is 0 Å². The minimum Gasteiger partial charge on any atom is -0.476 e. The minimum atomic E-state index is -1.07. The standard InChI is InChI=1S/C8H8N2O4/c1-10-6(8-13-2-3-14-8)4-5(9-10)7(11)12/h2-4,8H,1H3,(H,11,12). The number of nitrogens with zero attached hydrogens (tertiary/aromatic N) is 2. The zero-order valence-corrected chi connectivity index (χ0v) is 7.38. The van der Waals surface area contributed by atoms with Gasteiger partial charge in [-0.15, -0.1) is 0 Å². The number of hydrogen-bond donors (Lipinski definition) is 1. The summed E-state index contributed by atoms with van der Waals surface area (Å²) in [6, 6.07) is 1.42. The SMILES string of the molecule is Cn1nc(C(=O)O)cc1C1OC=CO1. The van der Waals surface area contributed by atoms with Gasteiger partial charge >= 0.3 is 5.97 Å². The van der Waals surface area contributed by atoms with E-state index in [2.05, 4.69) is 5.10 Å². The van der Waals surface area contributed by atoms with E-state index in [1.807, 2.05) is 0 Å². The molecule has 1 aromatic heterocycles. The second-order valence-electron chi connectivity index (χ2n) is 2.76. The van der Waals surface area contributed by atoms with Gasteiger partial charge in [-0.25, -0.2) is 4.79 Å². The van der Waals surface area contributed by atoms with E-state index in [0.29, 0.717) is 5.69 Å². The van der Waals surface area contributed by atoms with Crippen molar-refractivity contribution >= 4 is 5.97 Å². The first-order valence-electron chi connectivity index (χ1n) is 3.91. The third-order valence-electron chi connectivity index (χ3n) is 1.84. The lowest BCUT2D eigenvalue weighted by Crippen LogP contribution is -2.05. The van der Waals surface area contributed by atoms with Crippen LogP contribution in [-0.4, -0.2) is 20.9 Å². The molecule has 1 N–H and O–H groups in total. The lowest BCUT2D eigenvalue weighted by molar-refractivity contribution is -0.0306. The maximum atomic E-state index is 10.6. The predicted octanol–water partition coefficient (Wildman–Crippen LogP) is 0.635. The molecule has 0 amide bonds. The van der Waals surface area contributed by atoms with Crippen molar-refractivity contribution in [2.24, 2.45) is 7.05 Å². The molecule has 2 rings (SSSR count). The summed E-state index contributed by atoms with van der Waals surface area (Å²) in [7, 11) is 1.63. The number of aryl methyl sites for hydroxylation is 1. The van der Waals surface area contributed by atoms with Crippen LogP contribution < -0.4 is 0 Å². The van der Waals surface area contributed by atoms with Crippen LogP contribution in [-0.2, 0) is 16.5 Å². The first kappa shape index (κ1) is 8.61. The number of aromatic nitrogens is 2. The van der Waals surface area contributed by atoms with E-state index in [0.717, 1.165) is 0 Å². The van der Waals surface area contributed by atoms with Gasteiger partial charge in [-0.1, -0.05) is 0 Å². The largest absolute Gasteiger partial charge is 0.476 e. The highest BCUT2D eigenvalue weighted by Crippen LogP contribution is 2.23. The third-order valence-corrected chi connectivity index (χ3v) is 1.84. The molecule has 0 atom stereocenters. The summed E-state index contributed by atoms with van der Waals surface area (Å²) in [5.41, 5.74) is 0.536. The Bertz CT molecular complexity index is 388. The quantitative estimate of drug-likeness (QED) is 0.751. The van der Waals surface area contributed by atoms with Gasteiger partial charge in [0.2, 0.25) is 0 Å². The molecule has 2 heterocycles. The van der Waals surface area contributed by atoms with E-state index in [-0.39, 0.29) is 5.69 Å². The number of rotatable bonds is 2. The Morgan fingerprint density at radius 2 is 2.21 bits per heavy atom. The second-order valence-corrected chi connectivity index (χ2v) is 2.76. The fraction of sp³-hybridized carbons (Fsp3) is 0.250. The molecule has 1 aliphatic heterocycles. The number of carbonyl (C=O) groups is 1. The number of aromatic carboxylic acids is 1. The summed E-state index contributed by atoms with van der Waals surface area (Å²) in [6.07, 6.45) is 2.21. The number of ether oxygens (including phenoxy) is 2. The first-order valence-corrected chi connectivity index (χ1v) is 3.91. The van der Waals surface area contributed by atoms with Crippen LogP contribution in [0.2, 0.25) is 0 Å². The van der Waals surface area contributed by atoms with Gasteiger partial charge in [0.25, 0.3) is 6.29 Å². The summed E-state index contributed by atoms with van der Waals surface area (Å²) < 4.78 is 11.5. The monoisotopic (exact) mass is 196 g/mol. The lowest BCUT2D eigenvalue weighted by Gasteiger charge is -2.09. The zero-order valence-electron chi connectivity index (χ0n) is 7.38. The Morgan fingerprint density at radius 3 is 2.71 bits per heavy atom. The van der Waals surface area contributed by atoms with E-state index >= 15 is 0 Å². The Labute approximate surface area is 79.4 Å². The Balaban J connectivity index is 2.29. The van der Waals surface area contributed by atoms with Gasteiger partial charge in [-0.2, -0.15) is 5.10 Å². The van der Waals surface area contributed by atoms with Crippen LogP contribution in [0, 0.1) is 0 Å². The fourth-order valence-corrected chi connectivity index (χ4v) is 1.19. The summed E-state index contributed by atoms with van der Waals surface area (Å²) >= 11 is 0. The number of carboxylic acids is 1. The Kier molecular flexibility index (Phi) is 1.88. The van der Waals surface area contributed by atoms with E-state index < -0.39 is 12.3 Å². The molecule has 1 aliphatic rings. The summed E-state index contributed by atoms with van der Waals surface area (Å²) in [5, 5.41) is 12.5. The molecule has 0 unspecified atom stereocenters. The van der Waals surface area contributed by atoms with Gasteiger partial charge in [0.05, 0.1) is 0 Å². The molecule has 74 valence electrons. The third kappa shape index (κ3) is 1.30. The van der Waals surface area contributed by atoms with E-state index in [1.54, 1.807) is 7.05 Å². The molecule has 0 bridgehead atoms. The van der Waals surface area contributed by atoms with Crippen molar-refractivity contribution in [2.75, 3.05) is 0 Å². The van der Waals surface area contributed by atoms with Crippen molar-refractivity contribution in [3.8, 4) is 0 Å². The van der Waals surface area contributed by atoms with Gasteiger partial charge in [0.15, 0.2) is 5.69 Å². The molecule has 0 aliphatic carbocycles. The van der Waals surface area contributed by atoms with E-state index in [4.69, 9.17) is 14.6 Å². The van der Waals surface area contributed by atoms with Crippen LogP contribution in [0.5, 0.6) is 0 Å². The average molecular weight is 196 g/mol. The van der Waals surface area contributed by atoms with Crippen LogP contribution in [0.4, 0.5) is 0 Å². The van der Waals surface area contributed by atoms with E-state index in [9.17, 15) is 4.79 Å². The summed E-state index contributed by atoms with van der Waals surface area (Å²) in [6.45, 7) is 0. The minimum absolute atomic E-state index is 0.0263. The summed E-state index contributed by atoms with van der Waals surface area (Å²) in [5.74, 6) is -1.07. The molecule has 0 saturated carbocycles. The van der Waals surface area contributed by atoms with Gasteiger partial charge < -0.3 is 14.6 Å². The molecule has 0 spiro atoms. The molecular formula is C8H8N2O4. The van der Waals surface area contributed by atoms with Gasteiger partial charge in [0, 0.05) is 13.1 Å². The predicted molar refractivity (Wildman–Crippen MR) is 44.2 cm³/mol. The van der Waals surface area contributed by atoms with Crippen molar-refractivity contribution in [1.29, 1.82) is 0 Å². The highest BCUT2D eigenvalue weighted by Gasteiger charge is 2.22. The van der Waals surface area contributed by atoms with Crippen molar-refractivity contribution in [2.45, 2.75) is 6.29 Å². The maximum Gasteiger partial charge on any atom is 0.356 e. The van der Waals surface area contributed by atoms with Gasteiger partial charge in [-0.3, -0.25) is 4.68 Å². The first-order chi connectivity index (χ1) is 6.68. The fourth-order valence-electron chi connectivity index (χ4n) is 1.19. The highest BCUT2D eigenvalue weighted by molar-refractivity contribution is 5.85.